The number of ether oxygens (including phenoxy) is 1. The predicted octanol–water partition coefficient (Wildman–Crippen LogP) is 0.126. The number of carboxylic acid groups (broad SMARTS) is 1. The third-order valence-electron chi connectivity index (χ3n) is 2.43. The van der Waals surface area contributed by atoms with E-state index in [9.17, 15) is 9.59 Å². The summed E-state index contributed by atoms with van der Waals surface area (Å²) >= 11 is 1.31. The van der Waals surface area contributed by atoms with Crippen LogP contribution in [0.5, 0.6) is 0 Å². The van der Waals surface area contributed by atoms with Crippen molar-refractivity contribution >= 4 is 23.2 Å². The maximum absolute atomic E-state index is 11.5. The number of carboxylic acids is 1. The first-order chi connectivity index (χ1) is 7.61. The van der Waals surface area contributed by atoms with Gasteiger partial charge in [-0.2, -0.15) is 0 Å². The molecule has 2 unspecified atom stereocenters. The van der Waals surface area contributed by atoms with Crippen LogP contribution in [-0.4, -0.2) is 46.6 Å². The van der Waals surface area contributed by atoms with Gasteiger partial charge in [-0.3, -0.25) is 4.79 Å². The molecule has 1 N–H and O–H groups in total. The Morgan fingerprint density at radius 3 is 3.06 bits per heavy atom. The maximum atomic E-state index is 11.5. The predicted molar refractivity (Wildman–Crippen MR) is 55.0 cm³/mol. The number of hydrogen-bond donors (Lipinski definition) is 1. The molecule has 0 bridgehead atoms. The van der Waals surface area contributed by atoms with Gasteiger partial charge in [0.25, 0.3) is 0 Å². The van der Waals surface area contributed by atoms with Crippen molar-refractivity contribution in [3.05, 3.63) is 16.6 Å². The smallest absolute Gasteiger partial charge is 0.335 e. The molecular weight excluding hydrogens is 232 g/mol. The van der Waals surface area contributed by atoms with Gasteiger partial charge < -0.3 is 14.7 Å². The van der Waals surface area contributed by atoms with Crippen molar-refractivity contribution in [2.75, 3.05) is 13.7 Å². The van der Waals surface area contributed by atoms with E-state index < -0.39 is 18.1 Å². The molecule has 2 rings (SSSR count). The summed E-state index contributed by atoms with van der Waals surface area (Å²) in [6.45, 7) is -0.199. The molecule has 1 saturated heterocycles. The molecular formula is C9H10N2O4S. The van der Waals surface area contributed by atoms with Crippen molar-refractivity contribution < 1.29 is 19.4 Å². The van der Waals surface area contributed by atoms with Gasteiger partial charge in [0.1, 0.15) is 17.7 Å². The van der Waals surface area contributed by atoms with Gasteiger partial charge in [0.15, 0.2) is 6.10 Å². The first-order valence-electron chi connectivity index (χ1n) is 4.60. The highest BCUT2D eigenvalue weighted by Crippen LogP contribution is 2.30. The standard InChI is InChI=1S/C9H10N2O4S/c1-11-5(12)4-15-7(9(13)14)6(11)8-10-2-3-16-8/h2-3,6-7H,4H2,1H3,(H,13,14). The van der Waals surface area contributed by atoms with Crippen molar-refractivity contribution in [1.29, 1.82) is 0 Å². The Balaban J connectivity index is 2.34. The lowest BCUT2D eigenvalue weighted by Gasteiger charge is -2.35. The highest BCUT2D eigenvalue weighted by molar-refractivity contribution is 7.09. The van der Waals surface area contributed by atoms with E-state index in [1.807, 2.05) is 0 Å². The van der Waals surface area contributed by atoms with Gasteiger partial charge >= 0.3 is 5.97 Å². The lowest BCUT2D eigenvalue weighted by Crippen LogP contribution is -2.49. The van der Waals surface area contributed by atoms with E-state index >= 15 is 0 Å². The summed E-state index contributed by atoms with van der Waals surface area (Å²) in [4.78, 5) is 27.9. The Kier molecular flexibility index (Phi) is 2.88. The Labute approximate surface area is 95.5 Å². The maximum Gasteiger partial charge on any atom is 0.335 e. The van der Waals surface area contributed by atoms with Crippen LogP contribution in [0.25, 0.3) is 0 Å². The molecule has 1 aromatic rings. The van der Waals surface area contributed by atoms with Gasteiger partial charge in [-0.25, -0.2) is 9.78 Å². The normalized spacial score (nSPS) is 25.8. The summed E-state index contributed by atoms with van der Waals surface area (Å²) < 4.78 is 5.03. The van der Waals surface area contributed by atoms with Crippen molar-refractivity contribution in [3.63, 3.8) is 0 Å². The minimum absolute atomic E-state index is 0.199. The third-order valence-corrected chi connectivity index (χ3v) is 3.28. The van der Waals surface area contributed by atoms with Crippen molar-refractivity contribution in [2.24, 2.45) is 0 Å². The number of carbonyl (C=O) groups excluding carboxylic acids is 1. The van der Waals surface area contributed by atoms with Crippen molar-refractivity contribution in [2.45, 2.75) is 12.1 Å². The lowest BCUT2D eigenvalue weighted by molar-refractivity contribution is -0.171. The Bertz CT molecular complexity index is 406. The molecule has 2 heterocycles. The molecule has 2 atom stereocenters. The second kappa shape index (κ2) is 4.18. The van der Waals surface area contributed by atoms with Crippen LogP contribution in [0.1, 0.15) is 11.0 Å². The van der Waals surface area contributed by atoms with Gasteiger partial charge in [-0.1, -0.05) is 0 Å². The largest absolute Gasteiger partial charge is 0.479 e. The van der Waals surface area contributed by atoms with E-state index in [1.165, 1.54) is 16.2 Å². The average Bonchev–Trinajstić information content (AvgIpc) is 2.74. The Hall–Kier alpha value is -1.47. The van der Waals surface area contributed by atoms with Crippen molar-refractivity contribution in [1.82, 2.24) is 9.88 Å². The quantitative estimate of drug-likeness (QED) is 0.797. The number of nitrogens with zero attached hydrogens (tertiary/aromatic N) is 2. The van der Waals surface area contributed by atoms with Crippen LogP contribution in [0, 0.1) is 0 Å². The molecule has 0 aromatic carbocycles. The molecule has 0 spiro atoms. The highest BCUT2D eigenvalue weighted by atomic mass is 32.1. The Morgan fingerprint density at radius 1 is 1.75 bits per heavy atom. The van der Waals surface area contributed by atoms with E-state index in [1.54, 1.807) is 18.6 Å². The van der Waals surface area contributed by atoms with Gasteiger partial charge in [0, 0.05) is 18.6 Å². The summed E-state index contributed by atoms with van der Waals surface area (Å²) in [6.07, 6.45) is 0.528. The average molecular weight is 242 g/mol. The third kappa shape index (κ3) is 1.79. The van der Waals surface area contributed by atoms with Gasteiger partial charge in [-0.15, -0.1) is 11.3 Å². The summed E-state index contributed by atoms with van der Waals surface area (Å²) in [6, 6.07) is -0.640. The molecule has 1 aliphatic heterocycles. The second-order valence-electron chi connectivity index (χ2n) is 3.39. The molecule has 0 radical (unpaired) electrons. The topological polar surface area (TPSA) is 79.7 Å². The fourth-order valence-electron chi connectivity index (χ4n) is 1.59. The summed E-state index contributed by atoms with van der Waals surface area (Å²) in [7, 11) is 1.56. The van der Waals surface area contributed by atoms with E-state index in [2.05, 4.69) is 4.98 Å². The number of thiazole rings is 1. The fraction of sp³-hybridized carbons (Fsp3) is 0.444. The number of likely N-dealkylation sites (N-methyl/N-ethyl adjacent to an activating group) is 1. The number of rotatable bonds is 2. The highest BCUT2D eigenvalue weighted by Gasteiger charge is 2.41. The zero-order valence-electron chi connectivity index (χ0n) is 8.49. The number of aliphatic carboxylic acids is 1. The Morgan fingerprint density at radius 2 is 2.50 bits per heavy atom. The summed E-state index contributed by atoms with van der Waals surface area (Å²) in [5.74, 6) is -1.32. The van der Waals surface area contributed by atoms with E-state index in [0.717, 1.165) is 0 Å². The van der Waals surface area contributed by atoms with E-state index in [-0.39, 0.29) is 12.5 Å². The number of carbonyl (C=O) groups is 2. The van der Waals surface area contributed by atoms with Crippen LogP contribution in [-0.2, 0) is 14.3 Å². The van der Waals surface area contributed by atoms with Gasteiger partial charge in [-0.05, 0) is 0 Å². The molecule has 86 valence electrons. The minimum atomic E-state index is -1.08. The molecule has 1 fully saturated rings. The van der Waals surface area contributed by atoms with E-state index in [0.29, 0.717) is 5.01 Å². The summed E-state index contributed by atoms with van der Waals surface area (Å²) in [5, 5.41) is 11.3. The fourth-order valence-corrected chi connectivity index (χ4v) is 2.40. The van der Waals surface area contributed by atoms with Crippen LogP contribution in [0.15, 0.2) is 11.6 Å². The molecule has 6 nitrogen and oxygen atoms in total. The number of amides is 1. The minimum Gasteiger partial charge on any atom is -0.479 e. The SMILES string of the molecule is CN1C(=O)COC(C(=O)O)C1c1nccs1. The van der Waals surface area contributed by atoms with Crippen LogP contribution >= 0.6 is 11.3 Å². The molecule has 1 aromatic heterocycles. The second-order valence-corrected chi connectivity index (χ2v) is 4.32. The van der Waals surface area contributed by atoms with Crippen LogP contribution in [0.2, 0.25) is 0 Å². The van der Waals surface area contributed by atoms with Gasteiger partial charge in [0.05, 0.1) is 0 Å². The number of aromatic nitrogens is 1. The molecule has 1 aliphatic rings. The molecule has 0 aliphatic carbocycles. The zero-order chi connectivity index (χ0) is 11.7. The molecule has 16 heavy (non-hydrogen) atoms. The van der Waals surface area contributed by atoms with Crippen LogP contribution in [0.3, 0.4) is 0 Å². The van der Waals surface area contributed by atoms with E-state index in [4.69, 9.17) is 9.84 Å². The van der Waals surface area contributed by atoms with Gasteiger partial charge in [0.2, 0.25) is 5.91 Å². The number of morpholine rings is 1. The molecule has 0 saturated carbocycles. The summed E-state index contributed by atoms with van der Waals surface area (Å²) in [5.41, 5.74) is 0. The van der Waals surface area contributed by atoms with Crippen LogP contribution in [0.4, 0.5) is 0 Å². The molecule has 1 amide bonds. The number of hydrogen-bond acceptors (Lipinski definition) is 5. The molecule has 7 heteroatoms. The monoisotopic (exact) mass is 242 g/mol. The van der Waals surface area contributed by atoms with Crippen molar-refractivity contribution in [3.8, 4) is 0 Å². The van der Waals surface area contributed by atoms with Crippen LogP contribution < -0.4 is 0 Å². The first-order valence-corrected chi connectivity index (χ1v) is 5.48. The zero-order valence-corrected chi connectivity index (χ0v) is 9.31. The first kappa shape index (κ1) is 11.0. The lowest BCUT2D eigenvalue weighted by atomic mass is 10.1.